The number of rotatable bonds is 4. The fourth-order valence-electron chi connectivity index (χ4n) is 2.22. The number of hydrogen-bond acceptors (Lipinski definition) is 4. The lowest BCUT2D eigenvalue weighted by Gasteiger charge is -2.08. The number of nitrogens with zero attached hydrogens (tertiary/aromatic N) is 1. The molecule has 1 saturated carbocycles. The fraction of sp³-hybridized carbons (Fsp3) is 0.333. The number of carbonyl (C=O) groups excluding carboxylic acids is 1. The van der Waals surface area contributed by atoms with Crippen molar-refractivity contribution in [2.75, 3.05) is 0 Å². The summed E-state index contributed by atoms with van der Waals surface area (Å²) in [6.45, 7) is 0.531. The minimum absolute atomic E-state index is 0.0866. The Morgan fingerprint density at radius 1 is 1.35 bits per heavy atom. The first-order valence-corrected chi connectivity index (χ1v) is 7.74. The van der Waals surface area contributed by atoms with Gasteiger partial charge in [-0.3, -0.25) is 4.79 Å². The Morgan fingerprint density at radius 2 is 2.15 bits per heavy atom. The van der Waals surface area contributed by atoms with Crippen LogP contribution in [0, 0.1) is 0 Å². The summed E-state index contributed by atoms with van der Waals surface area (Å²) in [5.41, 5.74) is 1.06. The number of benzene rings is 1. The maximum atomic E-state index is 11.2. The van der Waals surface area contributed by atoms with Gasteiger partial charge in [0, 0.05) is 29.6 Å². The van der Waals surface area contributed by atoms with Gasteiger partial charge in [0.25, 0.3) is 0 Å². The molecule has 5 heteroatoms. The Hall–Kier alpha value is -1.23. The molecular formula is C15H14ClNO2S. The molecule has 0 spiro atoms. The van der Waals surface area contributed by atoms with Crippen molar-refractivity contribution in [2.45, 2.75) is 32.0 Å². The van der Waals surface area contributed by atoms with Crippen LogP contribution in [0.1, 0.15) is 24.1 Å². The number of halogens is 1. The predicted octanol–water partition coefficient (Wildman–Crippen LogP) is 4.10. The standard InChI is InChI=1S/C15H14ClNO2S/c16-11-3-1-10(2-4-11)15-17-8-14(20-15)9-19-13-6-5-12(18)7-13/h1-4,8,13H,5-7,9H2. The summed E-state index contributed by atoms with van der Waals surface area (Å²) in [5.74, 6) is 0.307. The lowest BCUT2D eigenvalue weighted by molar-refractivity contribution is -0.118. The van der Waals surface area contributed by atoms with Crippen molar-refractivity contribution in [3.05, 3.63) is 40.4 Å². The molecule has 1 aromatic carbocycles. The number of ether oxygens (including phenoxy) is 1. The minimum Gasteiger partial charge on any atom is -0.372 e. The van der Waals surface area contributed by atoms with E-state index in [4.69, 9.17) is 16.3 Å². The number of thiazole rings is 1. The van der Waals surface area contributed by atoms with Crippen molar-refractivity contribution >= 4 is 28.7 Å². The van der Waals surface area contributed by atoms with E-state index in [0.717, 1.165) is 26.9 Å². The van der Waals surface area contributed by atoms with Gasteiger partial charge >= 0.3 is 0 Å². The monoisotopic (exact) mass is 307 g/mol. The number of ketones is 1. The average molecular weight is 308 g/mol. The highest BCUT2D eigenvalue weighted by Crippen LogP contribution is 2.27. The van der Waals surface area contributed by atoms with Crippen molar-refractivity contribution in [3.63, 3.8) is 0 Å². The van der Waals surface area contributed by atoms with Crippen molar-refractivity contribution in [3.8, 4) is 10.6 Å². The molecule has 0 N–H and O–H groups in total. The quantitative estimate of drug-likeness (QED) is 0.853. The summed E-state index contributed by atoms with van der Waals surface area (Å²) < 4.78 is 5.76. The van der Waals surface area contributed by atoms with Crippen LogP contribution in [0.3, 0.4) is 0 Å². The normalized spacial score (nSPS) is 18.6. The molecule has 1 aliphatic carbocycles. The van der Waals surface area contributed by atoms with Crippen molar-refractivity contribution in [2.24, 2.45) is 0 Å². The third kappa shape index (κ3) is 3.26. The van der Waals surface area contributed by atoms with Crippen LogP contribution in [0.4, 0.5) is 0 Å². The zero-order valence-electron chi connectivity index (χ0n) is 10.8. The lowest BCUT2D eigenvalue weighted by Crippen LogP contribution is -2.07. The molecule has 0 saturated heterocycles. The van der Waals surface area contributed by atoms with Crippen molar-refractivity contribution in [1.82, 2.24) is 4.98 Å². The molecule has 0 amide bonds. The van der Waals surface area contributed by atoms with Crippen molar-refractivity contribution < 1.29 is 9.53 Å². The van der Waals surface area contributed by atoms with Gasteiger partial charge in [0.15, 0.2) is 0 Å². The molecule has 1 fully saturated rings. The van der Waals surface area contributed by atoms with Gasteiger partial charge in [0.2, 0.25) is 0 Å². The Kier molecular flexibility index (Phi) is 4.15. The zero-order valence-corrected chi connectivity index (χ0v) is 12.4. The number of aromatic nitrogens is 1. The molecular weight excluding hydrogens is 294 g/mol. The van der Waals surface area contributed by atoms with Gasteiger partial charge in [-0.2, -0.15) is 0 Å². The summed E-state index contributed by atoms with van der Waals surface area (Å²) in [6, 6.07) is 7.64. The van der Waals surface area contributed by atoms with E-state index in [9.17, 15) is 4.79 Å². The highest BCUT2D eigenvalue weighted by Gasteiger charge is 2.22. The van der Waals surface area contributed by atoms with E-state index in [0.29, 0.717) is 25.2 Å². The van der Waals surface area contributed by atoms with E-state index in [-0.39, 0.29) is 6.10 Å². The second kappa shape index (κ2) is 6.04. The van der Waals surface area contributed by atoms with E-state index >= 15 is 0 Å². The van der Waals surface area contributed by atoms with E-state index in [1.165, 1.54) is 0 Å². The summed E-state index contributed by atoms with van der Waals surface area (Å²) in [6.07, 6.45) is 3.99. The third-order valence-electron chi connectivity index (χ3n) is 3.31. The molecule has 1 aliphatic rings. The average Bonchev–Trinajstić information content (AvgIpc) is 3.06. The second-order valence-electron chi connectivity index (χ2n) is 4.85. The SMILES string of the molecule is O=C1CCC(OCc2cnc(-c3ccc(Cl)cc3)s2)C1. The lowest BCUT2D eigenvalue weighted by atomic mass is 10.2. The number of carbonyl (C=O) groups is 1. The van der Waals surface area contributed by atoms with Gasteiger partial charge in [0.1, 0.15) is 10.8 Å². The van der Waals surface area contributed by atoms with E-state index in [2.05, 4.69) is 4.98 Å². The summed E-state index contributed by atoms with van der Waals surface area (Å²) in [5, 5.41) is 1.68. The van der Waals surface area contributed by atoms with Gasteiger partial charge < -0.3 is 4.74 Å². The van der Waals surface area contributed by atoms with Crippen LogP contribution in [0.5, 0.6) is 0 Å². The Bertz CT molecular complexity index is 609. The van der Waals surface area contributed by atoms with E-state index in [1.807, 2.05) is 30.5 Å². The summed E-state index contributed by atoms with van der Waals surface area (Å²) in [4.78, 5) is 16.7. The summed E-state index contributed by atoms with van der Waals surface area (Å²) in [7, 11) is 0. The molecule has 2 aromatic rings. The van der Waals surface area contributed by atoms with Crippen LogP contribution in [-0.4, -0.2) is 16.9 Å². The molecule has 3 nitrogen and oxygen atoms in total. The maximum Gasteiger partial charge on any atom is 0.135 e. The molecule has 0 radical (unpaired) electrons. The third-order valence-corrected chi connectivity index (χ3v) is 4.58. The largest absolute Gasteiger partial charge is 0.372 e. The maximum absolute atomic E-state index is 11.2. The molecule has 1 unspecified atom stereocenters. The molecule has 1 heterocycles. The van der Waals surface area contributed by atoms with Gasteiger partial charge in [-0.05, 0) is 18.6 Å². The first-order valence-electron chi connectivity index (χ1n) is 6.54. The van der Waals surface area contributed by atoms with E-state index in [1.54, 1.807) is 11.3 Å². The van der Waals surface area contributed by atoms with Crippen LogP contribution in [0.25, 0.3) is 10.6 Å². The van der Waals surface area contributed by atoms with Crippen LogP contribution >= 0.6 is 22.9 Å². The predicted molar refractivity (Wildman–Crippen MR) is 80.0 cm³/mol. The van der Waals surface area contributed by atoms with Gasteiger partial charge in [0.05, 0.1) is 17.6 Å². The molecule has 104 valence electrons. The Morgan fingerprint density at radius 3 is 2.85 bits per heavy atom. The van der Waals surface area contributed by atoms with Crippen LogP contribution in [0.2, 0.25) is 5.02 Å². The fourth-order valence-corrected chi connectivity index (χ4v) is 3.19. The smallest absolute Gasteiger partial charge is 0.135 e. The first-order chi connectivity index (χ1) is 9.70. The minimum atomic E-state index is 0.0866. The Balaban J connectivity index is 1.62. The van der Waals surface area contributed by atoms with E-state index < -0.39 is 0 Å². The molecule has 0 aliphatic heterocycles. The second-order valence-corrected chi connectivity index (χ2v) is 6.40. The van der Waals surface area contributed by atoms with Crippen LogP contribution < -0.4 is 0 Å². The van der Waals surface area contributed by atoms with Gasteiger partial charge in [-0.25, -0.2) is 4.98 Å². The molecule has 1 aromatic heterocycles. The highest BCUT2D eigenvalue weighted by molar-refractivity contribution is 7.15. The Labute approximate surface area is 126 Å². The molecule has 1 atom stereocenters. The van der Waals surface area contributed by atoms with Gasteiger partial charge in [-0.1, -0.05) is 23.7 Å². The van der Waals surface area contributed by atoms with Gasteiger partial charge in [-0.15, -0.1) is 11.3 Å². The number of hydrogen-bond donors (Lipinski definition) is 0. The molecule has 3 rings (SSSR count). The number of Topliss-reactive ketones (excluding diaryl/α,β-unsaturated/α-hetero) is 1. The molecule has 20 heavy (non-hydrogen) atoms. The van der Waals surface area contributed by atoms with Crippen LogP contribution in [0.15, 0.2) is 30.5 Å². The first kappa shape index (κ1) is 13.7. The zero-order chi connectivity index (χ0) is 13.9. The summed E-state index contributed by atoms with van der Waals surface area (Å²) >= 11 is 7.49. The molecule has 0 bridgehead atoms. The topological polar surface area (TPSA) is 39.2 Å². The highest BCUT2D eigenvalue weighted by atomic mass is 35.5. The van der Waals surface area contributed by atoms with Crippen LogP contribution in [-0.2, 0) is 16.1 Å². The van der Waals surface area contributed by atoms with Crippen molar-refractivity contribution in [1.29, 1.82) is 0 Å².